The molecule has 5 N–H and O–H groups in total. The van der Waals surface area contributed by atoms with Crippen molar-refractivity contribution in [2.75, 3.05) is 31.1 Å². The van der Waals surface area contributed by atoms with E-state index in [1.807, 2.05) is 12.1 Å². The molecule has 0 saturated carbocycles. The summed E-state index contributed by atoms with van der Waals surface area (Å²) < 4.78 is 10.6. The predicted molar refractivity (Wildman–Crippen MR) is 186 cm³/mol. The minimum atomic E-state index is -1.34. The van der Waals surface area contributed by atoms with Gasteiger partial charge in [-0.1, -0.05) is 48.5 Å². The lowest BCUT2D eigenvalue weighted by molar-refractivity contribution is -0.123. The van der Waals surface area contributed by atoms with Gasteiger partial charge in [0.2, 0.25) is 0 Å². The van der Waals surface area contributed by atoms with Crippen molar-refractivity contribution in [2.24, 2.45) is 0 Å². The summed E-state index contributed by atoms with van der Waals surface area (Å²) in [6.07, 6.45) is -0.155. The van der Waals surface area contributed by atoms with Crippen LogP contribution in [0.25, 0.3) is 0 Å². The Bertz CT molecular complexity index is 1630. The van der Waals surface area contributed by atoms with Gasteiger partial charge in [0.25, 0.3) is 11.8 Å². The molecule has 0 bridgehead atoms. The Morgan fingerprint density at radius 2 is 1.20 bits per heavy atom. The SMILES string of the molecule is CC(C)(C)OC(=O)N1CCC2(C1)NC(=O)N(c1ccccc1)C2=O.CC(C)(C)OC(=O)N1CCC2(C1)NC(=O)NC2=O.OB(O)c1ccccc1. The van der Waals surface area contributed by atoms with E-state index in [1.54, 1.807) is 90.1 Å². The van der Waals surface area contributed by atoms with E-state index in [4.69, 9.17) is 19.5 Å². The third-order valence-electron chi connectivity index (χ3n) is 8.13. The molecule has 2 aromatic carbocycles. The second-order valence-corrected chi connectivity index (χ2v) is 14.6. The van der Waals surface area contributed by atoms with Crippen molar-refractivity contribution in [2.45, 2.75) is 76.7 Å². The molecule has 2 atom stereocenters. The molecule has 4 aliphatic rings. The Balaban J connectivity index is 0.000000189. The second-order valence-electron chi connectivity index (χ2n) is 14.6. The summed E-state index contributed by atoms with van der Waals surface area (Å²) in [6.45, 7) is 11.7. The molecule has 2 unspecified atom stereocenters. The van der Waals surface area contributed by atoms with E-state index in [0.717, 1.165) is 4.90 Å². The minimum Gasteiger partial charge on any atom is -0.444 e. The number of anilines is 1. The van der Waals surface area contributed by atoms with E-state index < -0.39 is 53.6 Å². The predicted octanol–water partition coefficient (Wildman–Crippen LogP) is 1.69. The van der Waals surface area contributed by atoms with Crippen LogP contribution in [0.5, 0.6) is 0 Å². The fraction of sp³-hybridized carbons (Fsp3) is 0.471. The monoisotopic (exact) mass is 708 g/mol. The Labute approximate surface area is 296 Å². The van der Waals surface area contributed by atoms with Crippen molar-refractivity contribution in [1.29, 1.82) is 0 Å². The number of carbonyl (C=O) groups is 6. The topological polar surface area (TPSA) is 207 Å². The largest absolute Gasteiger partial charge is 0.488 e. The number of rotatable bonds is 2. The zero-order valence-electron chi connectivity index (χ0n) is 29.6. The van der Waals surface area contributed by atoms with Crippen LogP contribution in [0.15, 0.2) is 60.7 Å². The van der Waals surface area contributed by atoms with Gasteiger partial charge < -0.3 is 40.0 Å². The van der Waals surface area contributed by atoms with Gasteiger partial charge in [-0.05, 0) is 72.0 Å². The number of urea groups is 2. The van der Waals surface area contributed by atoms with Crippen LogP contribution in [0.4, 0.5) is 24.9 Å². The molecule has 0 radical (unpaired) electrons. The molecule has 17 heteroatoms. The van der Waals surface area contributed by atoms with Gasteiger partial charge in [-0.15, -0.1) is 0 Å². The summed E-state index contributed by atoms with van der Waals surface area (Å²) in [5.41, 5.74) is -2.18. The Morgan fingerprint density at radius 1 is 0.725 bits per heavy atom. The molecule has 4 saturated heterocycles. The highest BCUT2D eigenvalue weighted by Gasteiger charge is 2.56. The van der Waals surface area contributed by atoms with Crippen molar-refractivity contribution in [1.82, 2.24) is 25.8 Å². The van der Waals surface area contributed by atoms with E-state index >= 15 is 0 Å². The first kappa shape index (κ1) is 38.6. The average Bonchev–Trinajstić information content (AvgIpc) is 3.79. The van der Waals surface area contributed by atoms with E-state index in [-0.39, 0.29) is 24.9 Å². The normalized spacial score (nSPS) is 22.5. The summed E-state index contributed by atoms with van der Waals surface area (Å²) in [5, 5.41) is 24.7. The number of nitrogens with zero attached hydrogens (tertiary/aromatic N) is 3. The number of hydrogen-bond donors (Lipinski definition) is 5. The summed E-state index contributed by atoms with van der Waals surface area (Å²) in [4.78, 5) is 76.1. The average molecular weight is 709 g/mol. The third-order valence-corrected chi connectivity index (χ3v) is 8.13. The number of amides is 8. The molecule has 8 amide bonds. The number of benzene rings is 2. The van der Waals surface area contributed by atoms with Crippen LogP contribution in [0.2, 0.25) is 0 Å². The van der Waals surface area contributed by atoms with E-state index in [0.29, 0.717) is 37.1 Å². The minimum absolute atomic E-state index is 0.121. The van der Waals surface area contributed by atoms with Gasteiger partial charge in [0.05, 0.1) is 18.8 Å². The summed E-state index contributed by atoms with van der Waals surface area (Å²) >= 11 is 0. The maximum atomic E-state index is 12.9. The molecule has 4 aliphatic heterocycles. The molecule has 51 heavy (non-hydrogen) atoms. The fourth-order valence-corrected chi connectivity index (χ4v) is 5.73. The van der Waals surface area contributed by atoms with Gasteiger partial charge in [-0.2, -0.15) is 0 Å². The van der Waals surface area contributed by atoms with Crippen LogP contribution in [0.3, 0.4) is 0 Å². The highest BCUT2D eigenvalue weighted by Crippen LogP contribution is 2.32. The lowest BCUT2D eigenvalue weighted by Crippen LogP contribution is -2.50. The van der Waals surface area contributed by atoms with Crippen molar-refractivity contribution in [3.8, 4) is 0 Å². The lowest BCUT2D eigenvalue weighted by Gasteiger charge is -2.25. The molecule has 274 valence electrons. The van der Waals surface area contributed by atoms with Crippen molar-refractivity contribution in [3.05, 3.63) is 60.7 Å². The Hall–Kier alpha value is -5.16. The smallest absolute Gasteiger partial charge is 0.444 e. The number of carbonyl (C=O) groups excluding carboxylic acids is 6. The molecule has 0 aromatic heterocycles. The first-order chi connectivity index (χ1) is 23.7. The number of likely N-dealkylation sites (tertiary alicyclic amines) is 2. The van der Waals surface area contributed by atoms with Crippen LogP contribution < -0.4 is 26.3 Å². The van der Waals surface area contributed by atoms with Crippen LogP contribution >= 0.6 is 0 Å². The molecule has 0 aliphatic carbocycles. The second kappa shape index (κ2) is 15.0. The van der Waals surface area contributed by atoms with E-state index in [1.165, 1.54) is 9.80 Å². The number of hydrogen-bond acceptors (Lipinski definition) is 10. The molecule has 4 heterocycles. The van der Waals surface area contributed by atoms with Crippen LogP contribution in [-0.2, 0) is 19.1 Å². The van der Waals surface area contributed by atoms with Gasteiger partial charge in [0, 0.05) is 13.1 Å². The zero-order chi connectivity index (χ0) is 37.8. The quantitative estimate of drug-likeness (QED) is 0.225. The molecule has 4 fully saturated rings. The zero-order valence-corrected chi connectivity index (χ0v) is 29.6. The van der Waals surface area contributed by atoms with Crippen LogP contribution in [0, 0.1) is 0 Å². The Morgan fingerprint density at radius 3 is 1.63 bits per heavy atom. The van der Waals surface area contributed by atoms with Crippen molar-refractivity contribution in [3.63, 3.8) is 0 Å². The molecular formula is C34H45BN6O10. The van der Waals surface area contributed by atoms with E-state index in [2.05, 4.69) is 16.0 Å². The number of para-hydroxylation sites is 1. The first-order valence-corrected chi connectivity index (χ1v) is 16.5. The van der Waals surface area contributed by atoms with Gasteiger partial charge in [-0.3, -0.25) is 14.9 Å². The summed E-state index contributed by atoms with van der Waals surface area (Å²) in [7, 11) is -1.34. The summed E-state index contributed by atoms with van der Waals surface area (Å²) in [6, 6.07) is 16.4. The van der Waals surface area contributed by atoms with Crippen LogP contribution in [0.1, 0.15) is 54.4 Å². The molecule has 6 rings (SSSR count). The van der Waals surface area contributed by atoms with Gasteiger partial charge >= 0.3 is 31.4 Å². The summed E-state index contributed by atoms with van der Waals surface area (Å²) in [5.74, 6) is -0.705. The molecule has 16 nitrogen and oxygen atoms in total. The van der Waals surface area contributed by atoms with Crippen LogP contribution in [-0.4, -0.2) is 111 Å². The van der Waals surface area contributed by atoms with Crippen molar-refractivity contribution < 1.29 is 48.3 Å². The highest BCUT2D eigenvalue weighted by molar-refractivity contribution is 6.58. The van der Waals surface area contributed by atoms with E-state index in [9.17, 15) is 28.8 Å². The molecule has 2 spiro atoms. The van der Waals surface area contributed by atoms with Gasteiger partial charge in [0.1, 0.15) is 22.3 Å². The third kappa shape index (κ3) is 9.55. The number of nitrogens with one attached hydrogen (secondary N) is 3. The number of imide groups is 2. The first-order valence-electron chi connectivity index (χ1n) is 16.5. The molecular weight excluding hydrogens is 663 g/mol. The Kier molecular flexibility index (Phi) is 11.4. The maximum absolute atomic E-state index is 12.9. The van der Waals surface area contributed by atoms with Crippen molar-refractivity contribution >= 4 is 54.3 Å². The fourth-order valence-electron chi connectivity index (χ4n) is 5.73. The van der Waals surface area contributed by atoms with Gasteiger partial charge in [0.15, 0.2) is 0 Å². The maximum Gasteiger partial charge on any atom is 0.488 e. The highest BCUT2D eigenvalue weighted by atomic mass is 16.6. The molecule has 2 aromatic rings. The standard InChI is InChI=1S/C17H21N3O4.C11H17N3O4.C6H7BO2/c1-16(2,3)24-15(23)19-10-9-17(11-19)13(21)20(14(22)18-17)12-7-5-4-6-8-12;1-10(2,3)18-9(17)14-5-4-11(6-14)7(15)12-8(16)13-11;8-7(9)6-4-2-1-3-5-6/h4-8H,9-11H2,1-3H3,(H,18,22);4-6H2,1-3H3,(H2,12,13,15,16);1-5,8-9H. The lowest BCUT2D eigenvalue weighted by atomic mass is 9.81. The number of ether oxygens (including phenoxy) is 2. The van der Waals surface area contributed by atoms with Gasteiger partial charge in [-0.25, -0.2) is 24.1 Å².